The highest BCUT2D eigenvalue weighted by Gasteiger charge is 2.38. The first-order chi connectivity index (χ1) is 10.2. The van der Waals surface area contributed by atoms with E-state index in [1.54, 1.807) is 4.90 Å². The van der Waals surface area contributed by atoms with Crippen molar-refractivity contribution in [3.05, 3.63) is 0 Å². The lowest BCUT2D eigenvalue weighted by molar-refractivity contribution is 0.0263. The maximum absolute atomic E-state index is 11.8. The fourth-order valence-electron chi connectivity index (χ4n) is 3.79. The van der Waals surface area contributed by atoms with Crippen molar-refractivity contribution < 1.29 is 14.3 Å². The highest BCUT2D eigenvalue weighted by atomic mass is 16.6. The highest BCUT2D eigenvalue weighted by molar-refractivity contribution is 5.67. The van der Waals surface area contributed by atoms with Crippen LogP contribution < -0.4 is 0 Å². The van der Waals surface area contributed by atoms with Crippen LogP contribution in [0.3, 0.4) is 0 Å². The summed E-state index contributed by atoms with van der Waals surface area (Å²) in [6, 6.07) is 0. The van der Waals surface area contributed by atoms with Gasteiger partial charge in [-0.05, 0) is 25.3 Å². The number of nitrogens with zero attached hydrogens (tertiary/aromatic N) is 3. The Morgan fingerprint density at radius 1 is 1.14 bits per heavy atom. The smallest absolute Gasteiger partial charge is 0.409 e. The van der Waals surface area contributed by atoms with E-state index in [0.29, 0.717) is 32.9 Å². The Labute approximate surface area is 126 Å². The van der Waals surface area contributed by atoms with Gasteiger partial charge in [-0.15, -0.1) is 0 Å². The number of ether oxygens (including phenoxy) is 2. The maximum atomic E-state index is 11.8. The number of rotatable bonds is 4. The molecule has 0 aromatic heterocycles. The first-order valence-electron chi connectivity index (χ1n) is 8.13. The van der Waals surface area contributed by atoms with Gasteiger partial charge in [0.25, 0.3) is 0 Å². The molecule has 1 amide bonds. The van der Waals surface area contributed by atoms with Crippen LogP contribution in [0.2, 0.25) is 0 Å². The van der Waals surface area contributed by atoms with E-state index >= 15 is 0 Å². The van der Waals surface area contributed by atoms with E-state index in [0.717, 1.165) is 24.8 Å². The van der Waals surface area contributed by atoms with Crippen molar-refractivity contribution in [3.8, 4) is 0 Å². The molecule has 6 nitrogen and oxygen atoms in total. The topological polar surface area (TPSA) is 45.2 Å². The Kier molecular flexibility index (Phi) is 4.98. The summed E-state index contributed by atoms with van der Waals surface area (Å²) in [4.78, 5) is 18.5. The molecule has 3 saturated heterocycles. The average molecular weight is 297 g/mol. The molecule has 3 aliphatic rings. The summed E-state index contributed by atoms with van der Waals surface area (Å²) in [7, 11) is 2.22. The van der Waals surface area contributed by atoms with Crippen LogP contribution in [0.25, 0.3) is 0 Å². The minimum atomic E-state index is -0.182. The number of morpholine rings is 1. The van der Waals surface area contributed by atoms with E-state index in [1.165, 1.54) is 26.2 Å². The predicted molar refractivity (Wildman–Crippen MR) is 79.3 cm³/mol. The van der Waals surface area contributed by atoms with Gasteiger partial charge in [0.1, 0.15) is 0 Å². The third-order valence-corrected chi connectivity index (χ3v) is 4.86. The summed E-state index contributed by atoms with van der Waals surface area (Å²) in [5, 5.41) is 0. The van der Waals surface area contributed by atoms with Crippen molar-refractivity contribution in [2.24, 2.45) is 11.8 Å². The molecule has 2 atom stereocenters. The third kappa shape index (κ3) is 3.87. The number of hydrogen-bond donors (Lipinski definition) is 0. The minimum Gasteiger partial charge on any atom is -0.449 e. The molecule has 3 heterocycles. The molecule has 0 aliphatic carbocycles. The minimum absolute atomic E-state index is 0.182. The summed E-state index contributed by atoms with van der Waals surface area (Å²) in [5.74, 6) is 1.71. The third-order valence-electron chi connectivity index (χ3n) is 4.86. The molecule has 3 rings (SSSR count). The van der Waals surface area contributed by atoms with Gasteiger partial charge in [0.2, 0.25) is 0 Å². The molecular formula is C15H27N3O3. The van der Waals surface area contributed by atoms with Crippen LogP contribution >= 0.6 is 0 Å². The molecule has 0 N–H and O–H groups in total. The lowest BCUT2D eigenvalue weighted by Crippen LogP contribution is -2.41. The Hall–Kier alpha value is -0.850. The second-order valence-corrected chi connectivity index (χ2v) is 6.57. The lowest BCUT2D eigenvalue weighted by Gasteiger charge is -2.26. The SMILES string of the molecule is CN1C[C@@H]2CN(CCCOC(=O)N3CCOCC3)C[C@@H]2C1. The zero-order valence-electron chi connectivity index (χ0n) is 13.0. The van der Waals surface area contributed by atoms with E-state index in [9.17, 15) is 4.79 Å². The molecule has 3 fully saturated rings. The molecule has 0 radical (unpaired) electrons. The first-order valence-corrected chi connectivity index (χ1v) is 8.13. The molecular weight excluding hydrogens is 270 g/mol. The van der Waals surface area contributed by atoms with Crippen molar-refractivity contribution in [2.45, 2.75) is 6.42 Å². The quantitative estimate of drug-likeness (QED) is 0.700. The highest BCUT2D eigenvalue weighted by Crippen LogP contribution is 2.29. The summed E-state index contributed by atoms with van der Waals surface area (Å²) in [5.41, 5.74) is 0. The monoisotopic (exact) mass is 297 g/mol. The average Bonchev–Trinajstić information content (AvgIpc) is 3.01. The summed E-state index contributed by atoms with van der Waals surface area (Å²) >= 11 is 0. The van der Waals surface area contributed by atoms with Crippen LogP contribution in [0.1, 0.15) is 6.42 Å². The fraction of sp³-hybridized carbons (Fsp3) is 0.933. The fourth-order valence-corrected chi connectivity index (χ4v) is 3.79. The van der Waals surface area contributed by atoms with E-state index in [4.69, 9.17) is 9.47 Å². The van der Waals surface area contributed by atoms with E-state index in [2.05, 4.69) is 16.8 Å². The Morgan fingerprint density at radius 3 is 2.48 bits per heavy atom. The van der Waals surface area contributed by atoms with Gasteiger partial charge in [-0.2, -0.15) is 0 Å². The predicted octanol–water partition coefficient (Wildman–Crippen LogP) is 0.339. The van der Waals surface area contributed by atoms with Crippen LogP contribution in [-0.2, 0) is 9.47 Å². The van der Waals surface area contributed by atoms with Crippen molar-refractivity contribution in [2.75, 3.05) is 72.7 Å². The van der Waals surface area contributed by atoms with E-state index < -0.39 is 0 Å². The van der Waals surface area contributed by atoms with Gasteiger partial charge in [-0.1, -0.05) is 0 Å². The zero-order valence-corrected chi connectivity index (χ0v) is 13.0. The van der Waals surface area contributed by atoms with Crippen molar-refractivity contribution in [1.29, 1.82) is 0 Å². The molecule has 3 aliphatic heterocycles. The molecule has 0 unspecified atom stereocenters. The van der Waals surface area contributed by atoms with Crippen molar-refractivity contribution >= 4 is 6.09 Å². The van der Waals surface area contributed by atoms with Gasteiger partial charge in [-0.3, -0.25) is 0 Å². The standard InChI is InChI=1S/C15H27N3O3/c1-16-9-13-11-17(12-14(13)10-16)3-2-6-21-15(19)18-4-7-20-8-5-18/h13-14H,2-12H2,1H3/t13-,14+. The van der Waals surface area contributed by atoms with Crippen molar-refractivity contribution in [3.63, 3.8) is 0 Å². The second kappa shape index (κ2) is 6.94. The Bertz CT molecular complexity index is 346. The van der Waals surface area contributed by atoms with Gasteiger partial charge >= 0.3 is 6.09 Å². The summed E-state index contributed by atoms with van der Waals surface area (Å²) in [6.45, 7) is 9.05. The molecule has 0 aromatic rings. The van der Waals surface area contributed by atoms with Gasteiger partial charge in [0.05, 0.1) is 19.8 Å². The molecule has 6 heteroatoms. The van der Waals surface area contributed by atoms with Crippen LogP contribution in [0.4, 0.5) is 4.79 Å². The molecule has 0 bridgehead atoms. The first kappa shape index (κ1) is 15.1. The van der Waals surface area contributed by atoms with Crippen molar-refractivity contribution in [1.82, 2.24) is 14.7 Å². The number of likely N-dealkylation sites (tertiary alicyclic amines) is 2. The van der Waals surface area contributed by atoms with Gasteiger partial charge in [0.15, 0.2) is 0 Å². The molecule has 21 heavy (non-hydrogen) atoms. The number of amides is 1. The van der Waals surface area contributed by atoms with Crippen LogP contribution in [0, 0.1) is 11.8 Å². The van der Waals surface area contributed by atoms with Gasteiger partial charge in [-0.25, -0.2) is 4.79 Å². The summed E-state index contributed by atoms with van der Waals surface area (Å²) in [6.07, 6.45) is 0.754. The Balaban J connectivity index is 1.28. The van der Waals surface area contributed by atoms with E-state index in [-0.39, 0.29) is 6.09 Å². The molecule has 0 spiro atoms. The molecule has 0 saturated carbocycles. The number of carbonyl (C=O) groups excluding carboxylic acids is 1. The molecule has 0 aromatic carbocycles. The maximum Gasteiger partial charge on any atom is 0.409 e. The largest absolute Gasteiger partial charge is 0.449 e. The number of hydrogen-bond acceptors (Lipinski definition) is 5. The van der Waals surface area contributed by atoms with Crippen LogP contribution in [0.5, 0.6) is 0 Å². The number of carbonyl (C=O) groups is 1. The Morgan fingerprint density at radius 2 is 1.81 bits per heavy atom. The lowest BCUT2D eigenvalue weighted by atomic mass is 10.0. The van der Waals surface area contributed by atoms with Gasteiger partial charge < -0.3 is 24.2 Å². The van der Waals surface area contributed by atoms with Crippen LogP contribution in [-0.4, -0.2) is 93.5 Å². The summed E-state index contributed by atoms with van der Waals surface area (Å²) < 4.78 is 10.6. The number of fused-ring (bicyclic) bond motifs is 1. The van der Waals surface area contributed by atoms with E-state index in [1.807, 2.05) is 0 Å². The molecule has 120 valence electrons. The van der Waals surface area contributed by atoms with Gasteiger partial charge in [0, 0.05) is 45.8 Å². The zero-order chi connectivity index (χ0) is 14.7. The normalized spacial score (nSPS) is 30.6. The second-order valence-electron chi connectivity index (χ2n) is 6.57. The van der Waals surface area contributed by atoms with Crippen LogP contribution in [0.15, 0.2) is 0 Å².